The lowest BCUT2D eigenvalue weighted by Gasteiger charge is -2.12. The van der Waals surface area contributed by atoms with E-state index in [1.54, 1.807) is 18.2 Å². The molecule has 14 heavy (non-hydrogen) atoms. The number of rotatable bonds is 3. The van der Waals surface area contributed by atoms with Crippen molar-refractivity contribution in [3.8, 4) is 11.8 Å². The average Bonchev–Trinajstić information content (AvgIpc) is 2.17. The molecule has 0 aromatic heterocycles. The van der Waals surface area contributed by atoms with E-state index in [1.165, 1.54) is 7.11 Å². The highest BCUT2D eigenvalue weighted by atomic mass is 35.5. The molecule has 0 heterocycles. The number of hydrogen-bond acceptors (Lipinski definition) is 3. The Balaban J connectivity index is 3.08. The van der Waals surface area contributed by atoms with E-state index in [0.717, 1.165) is 0 Å². The number of nitrogens with zero attached hydrogens (tertiary/aromatic N) is 1. The van der Waals surface area contributed by atoms with Crippen molar-refractivity contribution in [1.29, 1.82) is 5.26 Å². The molecule has 0 amide bonds. The topological polar surface area (TPSA) is 53.2 Å². The van der Waals surface area contributed by atoms with Crippen molar-refractivity contribution in [1.82, 2.24) is 0 Å². The van der Waals surface area contributed by atoms with E-state index in [4.69, 9.17) is 21.6 Å². The highest BCUT2D eigenvalue weighted by Crippen LogP contribution is 2.33. The lowest BCUT2D eigenvalue weighted by molar-refractivity contribution is 0.179. The predicted molar refractivity (Wildman–Crippen MR) is 53.2 cm³/mol. The van der Waals surface area contributed by atoms with Crippen LogP contribution in [0.1, 0.15) is 18.1 Å². The fourth-order valence-electron chi connectivity index (χ4n) is 1.20. The predicted octanol–water partition coefficient (Wildman–Crippen LogP) is 2.30. The van der Waals surface area contributed by atoms with E-state index < -0.39 is 6.10 Å². The number of para-hydroxylation sites is 1. The zero-order valence-corrected chi connectivity index (χ0v) is 8.45. The maximum atomic E-state index is 9.60. The molecule has 0 aliphatic rings. The van der Waals surface area contributed by atoms with Crippen LogP contribution < -0.4 is 4.74 Å². The zero-order chi connectivity index (χ0) is 10.6. The fraction of sp³-hybridized carbons (Fsp3) is 0.300. The molecule has 1 rings (SSSR count). The van der Waals surface area contributed by atoms with Crippen LogP contribution in [0, 0.1) is 11.3 Å². The molecular formula is C10H10ClNO2. The Morgan fingerprint density at radius 2 is 2.36 bits per heavy atom. The number of ether oxygens (including phenoxy) is 1. The molecule has 0 aliphatic heterocycles. The normalized spacial score (nSPS) is 11.9. The van der Waals surface area contributed by atoms with Crippen LogP contribution in [0.3, 0.4) is 0 Å². The maximum Gasteiger partial charge on any atom is 0.143 e. The Labute approximate surface area is 87.5 Å². The minimum absolute atomic E-state index is 0.0245. The van der Waals surface area contributed by atoms with Crippen LogP contribution in [0.25, 0.3) is 0 Å². The number of benzene rings is 1. The molecule has 1 aromatic carbocycles. The van der Waals surface area contributed by atoms with Crippen molar-refractivity contribution in [3.05, 3.63) is 28.8 Å². The number of aliphatic hydroxyl groups excluding tert-OH is 1. The minimum atomic E-state index is -0.853. The molecular weight excluding hydrogens is 202 g/mol. The van der Waals surface area contributed by atoms with Crippen LogP contribution in [0.5, 0.6) is 5.75 Å². The second-order valence-corrected chi connectivity index (χ2v) is 3.15. The smallest absolute Gasteiger partial charge is 0.143 e. The van der Waals surface area contributed by atoms with Gasteiger partial charge in [-0.3, -0.25) is 0 Å². The van der Waals surface area contributed by atoms with Gasteiger partial charge >= 0.3 is 0 Å². The summed E-state index contributed by atoms with van der Waals surface area (Å²) in [6, 6.07) is 6.95. The molecule has 0 spiro atoms. The summed E-state index contributed by atoms with van der Waals surface area (Å²) < 4.78 is 5.04. The van der Waals surface area contributed by atoms with Gasteiger partial charge in [-0.2, -0.15) is 5.26 Å². The quantitative estimate of drug-likeness (QED) is 0.835. The molecule has 4 heteroatoms. The van der Waals surface area contributed by atoms with Crippen LogP contribution in [0.2, 0.25) is 5.02 Å². The van der Waals surface area contributed by atoms with Gasteiger partial charge in [0.05, 0.1) is 30.7 Å². The number of methoxy groups -OCH3 is 1. The molecule has 1 unspecified atom stereocenters. The van der Waals surface area contributed by atoms with Gasteiger partial charge in [0.2, 0.25) is 0 Å². The van der Waals surface area contributed by atoms with Crippen LogP contribution in [0.4, 0.5) is 0 Å². The van der Waals surface area contributed by atoms with Gasteiger partial charge in [-0.05, 0) is 6.07 Å². The van der Waals surface area contributed by atoms with Crippen molar-refractivity contribution >= 4 is 11.6 Å². The summed E-state index contributed by atoms with van der Waals surface area (Å²) in [6.45, 7) is 0. The third kappa shape index (κ3) is 2.16. The lowest BCUT2D eigenvalue weighted by atomic mass is 10.1. The van der Waals surface area contributed by atoms with Gasteiger partial charge in [0, 0.05) is 5.56 Å². The van der Waals surface area contributed by atoms with E-state index >= 15 is 0 Å². The van der Waals surface area contributed by atoms with Gasteiger partial charge in [0.1, 0.15) is 5.75 Å². The Kier molecular flexibility index (Phi) is 3.75. The minimum Gasteiger partial charge on any atom is -0.495 e. The van der Waals surface area contributed by atoms with Crippen molar-refractivity contribution < 1.29 is 9.84 Å². The summed E-state index contributed by atoms with van der Waals surface area (Å²) >= 11 is 5.85. The first-order valence-corrected chi connectivity index (χ1v) is 4.46. The van der Waals surface area contributed by atoms with Crippen molar-refractivity contribution in [2.24, 2.45) is 0 Å². The summed E-state index contributed by atoms with van der Waals surface area (Å²) in [7, 11) is 1.48. The van der Waals surface area contributed by atoms with Gasteiger partial charge in [-0.25, -0.2) is 0 Å². The number of nitriles is 1. The van der Waals surface area contributed by atoms with Crippen molar-refractivity contribution in [3.63, 3.8) is 0 Å². The molecule has 1 atom stereocenters. The summed E-state index contributed by atoms with van der Waals surface area (Å²) in [4.78, 5) is 0. The lowest BCUT2D eigenvalue weighted by Crippen LogP contribution is -1.99. The Bertz CT molecular complexity index is 360. The molecule has 0 radical (unpaired) electrons. The first kappa shape index (κ1) is 10.8. The first-order chi connectivity index (χ1) is 6.70. The van der Waals surface area contributed by atoms with E-state index in [1.807, 2.05) is 6.07 Å². The Morgan fingerprint density at radius 3 is 2.93 bits per heavy atom. The Hall–Kier alpha value is -1.24. The SMILES string of the molecule is COc1c(Cl)cccc1C(O)CC#N. The number of halogens is 1. The van der Waals surface area contributed by atoms with Crippen LogP contribution in [0.15, 0.2) is 18.2 Å². The molecule has 1 aromatic rings. The average molecular weight is 212 g/mol. The van der Waals surface area contributed by atoms with E-state index in [2.05, 4.69) is 0 Å². The van der Waals surface area contributed by atoms with E-state index in [-0.39, 0.29) is 6.42 Å². The Morgan fingerprint density at radius 1 is 1.64 bits per heavy atom. The van der Waals surface area contributed by atoms with Gasteiger partial charge in [0.15, 0.2) is 0 Å². The van der Waals surface area contributed by atoms with Gasteiger partial charge in [-0.1, -0.05) is 23.7 Å². The molecule has 0 fully saturated rings. The second kappa shape index (κ2) is 4.85. The molecule has 74 valence electrons. The highest BCUT2D eigenvalue weighted by molar-refractivity contribution is 6.32. The molecule has 0 saturated heterocycles. The number of hydrogen-bond donors (Lipinski definition) is 1. The largest absolute Gasteiger partial charge is 0.495 e. The van der Waals surface area contributed by atoms with Gasteiger partial charge in [-0.15, -0.1) is 0 Å². The van der Waals surface area contributed by atoms with Crippen LogP contribution in [-0.2, 0) is 0 Å². The summed E-state index contributed by atoms with van der Waals surface area (Å²) in [5, 5.41) is 18.5. The number of aliphatic hydroxyl groups is 1. The van der Waals surface area contributed by atoms with Crippen LogP contribution >= 0.6 is 11.6 Å². The van der Waals surface area contributed by atoms with Crippen molar-refractivity contribution in [2.75, 3.05) is 7.11 Å². The summed E-state index contributed by atoms with van der Waals surface area (Å²) in [5.41, 5.74) is 0.543. The van der Waals surface area contributed by atoms with E-state index in [9.17, 15) is 5.11 Å². The zero-order valence-electron chi connectivity index (χ0n) is 7.70. The summed E-state index contributed by atoms with van der Waals surface area (Å²) in [5.74, 6) is 0.428. The second-order valence-electron chi connectivity index (χ2n) is 2.74. The van der Waals surface area contributed by atoms with Gasteiger partial charge < -0.3 is 9.84 Å². The third-order valence-corrected chi connectivity index (χ3v) is 2.14. The standard InChI is InChI=1S/C10H10ClNO2/c1-14-10-7(9(13)5-6-12)3-2-4-8(10)11/h2-4,9,13H,5H2,1H3. The first-order valence-electron chi connectivity index (χ1n) is 4.08. The molecule has 0 aliphatic carbocycles. The van der Waals surface area contributed by atoms with Crippen LogP contribution in [-0.4, -0.2) is 12.2 Å². The van der Waals surface area contributed by atoms with Crippen molar-refractivity contribution in [2.45, 2.75) is 12.5 Å². The molecule has 3 nitrogen and oxygen atoms in total. The molecule has 1 N–H and O–H groups in total. The summed E-state index contributed by atoms with van der Waals surface area (Å²) in [6.07, 6.45) is -0.829. The monoisotopic (exact) mass is 211 g/mol. The highest BCUT2D eigenvalue weighted by Gasteiger charge is 2.14. The molecule has 0 saturated carbocycles. The van der Waals surface area contributed by atoms with Gasteiger partial charge in [0.25, 0.3) is 0 Å². The maximum absolute atomic E-state index is 9.60. The third-order valence-electron chi connectivity index (χ3n) is 1.85. The van der Waals surface area contributed by atoms with E-state index in [0.29, 0.717) is 16.3 Å². The fourth-order valence-corrected chi connectivity index (χ4v) is 1.46. The molecule has 0 bridgehead atoms.